The second kappa shape index (κ2) is 10.8. The third kappa shape index (κ3) is 5.01. The van der Waals surface area contributed by atoms with Crippen molar-refractivity contribution in [1.82, 2.24) is 8.96 Å². The van der Waals surface area contributed by atoms with Gasteiger partial charge >= 0.3 is 0 Å². The molecule has 2 heterocycles. The molecule has 0 spiro atoms. The Morgan fingerprint density at radius 3 is 2.37 bits per heavy atom. The Hall–Kier alpha value is -2.69. The average molecular weight is 677 g/mol. The normalized spacial score (nSPS) is 11.7. The SMILES string of the molecule is COCc1c(C=C(Br)Br)ncc2c1c1c(Oc3ccc(Cl)cc3)cccc1n2S(=O)(=O)c1ccc(C)cc1. The molecule has 2 aromatic heterocycles. The number of benzene rings is 3. The minimum Gasteiger partial charge on any atom is -0.457 e. The van der Waals surface area contributed by atoms with E-state index in [0.29, 0.717) is 47.4 Å². The van der Waals surface area contributed by atoms with Crippen molar-refractivity contribution in [3.05, 3.63) is 98.2 Å². The zero-order chi connectivity index (χ0) is 27.0. The Morgan fingerprint density at radius 2 is 1.71 bits per heavy atom. The minimum atomic E-state index is -4.00. The van der Waals surface area contributed by atoms with Crippen LogP contribution < -0.4 is 4.74 Å². The van der Waals surface area contributed by atoms with Crippen molar-refractivity contribution in [3.8, 4) is 11.5 Å². The van der Waals surface area contributed by atoms with Crippen molar-refractivity contribution in [1.29, 1.82) is 0 Å². The molecule has 0 saturated carbocycles. The molecule has 194 valence electrons. The van der Waals surface area contributed by atoms with Crippen molar-refractivity contribution in [2.24, 2.45) is 0 Å². The van der Waals surface area contributed by atoms with E-state index in [0.717, 1.165) is 11.1 Å². The van der Waals surface area contributed by atoms with Gasteiger partial charge in [-0.05, 0) is 93.4 Å². The first-order chi connectivity index (χ1) is 18.2. The molecule has 0 radical (unpaired) electrons. The molecule has 38 heavy (non-hydrogen) atoms. The number of fused-ring (bicyclic) bond motifs is 3. The van der Waals surface area contributed by atoms with Crippen LogP contribution in [-0.4, -0.2) is 24.5 Å². The second-order valence-electron chi connectivity index (χ2n) is 8.54. The Balaban J connectivity index is 1.90. The van der Waals surface area contributed by atoms with Gasteiger partial charge in [0.1, 0.15) is 11.5 Å². The molecule has 5 rings (SSSR count). The number of nitrogens with zero attached hydrogens (tertiary/aromatic N) is 2. The van der Waals surface area contributed by atoms with Crippen molar-refractivity contribution >= 4 is 81.4 Å². The lowest BCUT2D eigenvalue weighted by atomic mass is 10.1. The van der Waals surface area contributed by atoms with Gasteiger partial charge in [-0.2, -0.15) is 0 Å². The van der Waals surface area contributed by atoms with Crippen LogP contribution in [0, 0.1) is 6.92 Å². The zero-order valence-electron chi connectivity index (χ0n) is 20.3. The van der Waals surface area contributed by atoms with E-state index in [2.05, 4.69) is 36.8 Å². The smallest absolute Gasteiger partial charge is 0.268 e. The van der Waals surface area contributed by atoms with Crippen molar-refractivity contribution < 1.29 is 17.9 Å². The Labute approximate surface area is 242 Å². The van der Waals surface area contributed by atoms with Gasteiger partial charge in [0.25, 0.3) is 10.0 Å². The van der Waals surface area contributed by atoms with E-state index in [1.807, 2.05) is 13.0 Å². The fourth-order valence-electron chi connectivity index (χ4n) is 4.37. The topological polar surface area (TPSA) is 70.4 Å². The van der Waals surface area contributed by atoms with Gasteiger partial charge in [-0.25, -0.2) is 12.4 Å². The zero-order valence-corrected chi connectivity index (χ0v) is 25.0. The van der Waals surface area contributed by atoms with Crippen LogP contribution in [0.3, 0.4) is 0 Å². The van der Waals surface area contributed by atoms with Crippen LogP contribution in [0.15, 0.2) is 81.2 Å². The second-order valence-corrected chi connectivity index (χ2v) is 13.5. The lowest BCUT2D eigenvalue weighted by molar-refractivity contribution is 0.185. The quantitative estimate of drug-likeness (QED) is 0.173. The van der Waals surface area contributed by atoms with E-state index in [9.17, 15) is 8.42 Å². The summed E-state index contributed by atoms with van der Waals surface area (Å²) in [6.45, 7) is 2.11. The lowest BCUT2D eigenvalue weighted by Crippen LogP contribution is -2.13. The number of hydrogen-bond acceptors (Lipinski definition) is 5. The van der Waals surface area contributed by atoms with Crippen LogP contribution in [0.4, 0.5) is 0 Å². The average Bonchev–Trinajstić information content (AvgIpc) is 3.23. The number of aryl methyl sites for hydroxylation is 1. The number of rotatable bonds is 7. The summed E-state index contributed by atoms with van der Waals surface area (Å²) in [7, 11) is -2.41. The predicted molar refractivity (Wildman–Crippen MR) is 159 cm³/mol. The van der Waals surface area contributed by atoms with Gasteiger partial charge in [0.15, 0.2) is 0 Å². The molecule has 0 unspecified atom stereocenters. The Kier molecular flexibility index (Phi) is 7.66. The largest absolute Gasteiger partial charge is 0.457 e. The Bertz CT molecular complexity index is 1800. The third-order valence-electron chi connectivity index (χ3n) is 6.02. The first-order valence-corrected chi connectivity index (χ1v) is 14.8. The molecule has 0 aliphatic heterocycles. The highest BCUT2D eigenvalue weighted by Gasteiger charge is 2.27. The molecule has 6 nitrogen and oxygen atoms in total. The maximum Gasteiger partial charge on any atom is 0.268 e. The fraction of sp³-hybridized carbons (Fsp3) is 0.107. The highest BCUT2D eigenvalue weighted by Crippen LogP contribution is 2.42. The molecule has 0 aliphatic rings. The first kappa shape index (κ1) is 26.9. The monoisotopic (exact) mass is 674 g/mol. The molecule has 0 amide bonds. The van der Waals surface area contributed by atoms with Crippen LogP contribution in [0.25, 0.3) is 27.9 Å². The highest BCUT2D eigenvalue weighted by molar-refractivity contribution is 9.28. The van der Waals surface area contributed by atoms with Crippen LogP contribution in [0.1, 0.15) is 16.8 Å². The van der Waals surface area contributed by atoms with E-state index < -0.39 is 10.0 Å². The number of hydrogen-bond donors (Lipinski definition) is 0. The van der Waals surface area contributed by atoms with Gasteiger partial charge in [0, 0.05) is 23.1 Å². The summed E-state index contributed by atoms with van der Waals surface area (Å²) in [5, 5.41) is 1.88. The summed E-state index contributed by atoms with van der Waals surface area (Å²) < 4.78 is 42.1. The van der Waals surface area contributed by atoms with E-state index >= 15 is 0 Å². The van der Waals surface area contributed by atoms with E-state index in [4.69, 9.17) is 21.1 Å². The van der Waals surface area contributed by atoms with Gasteiger partial charge in [0.2, 0.25) is 0 Å². The van der Waals surface area contributed by atoms with Crippen molar-refractivity contribution in [2.75, 3.05) is 7.11 Å². The van der Waals surface area contributed by atoms with Crippen LogP contribution >= 0.6 is 43.5 Å². The molecule has 0 bridgehead atoms. The fourth-order valence-corrected chi connectivity index (χ4v) is 6.42. The molecule has 0 aliphatic carbocycles. The molecule has 0 saturated heterocycles. The predicted octanol–water partition coefficient (Wildman–Crippen LogP) is 8.42. The Morgan fingerprint density at radius 1 is 1.00 bits per heavy atom. The van der Waals surface area contributed by atoms with E-state index in [1.165, 1.54) is 3.97 Å². The van der Waals surface area contributed by atoms with Gasteiger partial charge in [-0.3, -0.25) is 4.98 Å². The number of ether oxygens (including phenoxy) is 2. The molecule has 0 N–H and O–H groups in total. The maximum absolute atomic E-state index is 14.1. The number of pyridine rings is 1. The first-order valence-electron chi connectivity index (χ1n) is 11.4. The molecule has 10 heteroatoms. The van der Waals surface area contributed by atoms with Crippen molar-refractivity contribution in [2.45, 2.75) is 18.4 Å². The van der Waals surface area contributed by atoms with Crippen LogP contribution in [0.2, 0.25) is 5.02 Å². The summed E-state index contributed by atoms with van der Waals surface area (Å²) in [6.07, 6.45) is 3.37. The maximum atomic E-state index is 14.1. The van der Waals surface area contributed by atoms with Gasteiger partial charge in [0.05, 0.1) is 43.2 Å². The highest BCUT2D eigenvalue weighted by atomic mass is 79.9. The van der Waals surface area contributed by atoms with Gasteiger partial charge in [-0.1, -0.05) is 35.4 Å². The molecule has 3 aromatic carbocycles. The number of halogens is 3. The van der Waals surface area contributed by atoms with Crippen molar-refractivity contribution in [3.63, 3.8) is 0 Å². The summed E-state index contributed by atoms with van der Waals surface area (Å²) in [5.74, 6) is 1.05. The molecule has 5 aromatic rings. The minimum absolute atomic E-state index is 0.173. The number of aromatic nitrogens is 2. The standard InChI is InChI=1S/C28H21Br2ClN2O4S/c1-17-6-12-20(13-7-17)38(34,35)33-23-4-3-5-25(37-19-10-8-18(31)9-11-19)28(23)27-21(16-36-2)22(14-26(29)30)32-15-24(27)33/h3-15H,16H2,1-2H3. The summed E-state index contributed by atoms with van der Waals surface area (Å²) in [6, 6.07) is 19.1. The molecule has 0 fully saturated rings. The van der Waals surface area contributed by atoms with E-state index in [1.54, 1.807) is 80.0 Å². The molecule has 0 atom stereocenters. The lowest BCUT2D eigenvalue weighted by Gasteiger charge is -2.11. The van der Waals surface area contributed by atoms with Gasteiger partial charge < -0.3 is 9.47 Å². The summed E-state index contributed by atoms with van der Waals surface area (Å²) in [5.41, 5.74) is 3.19. The summed E-state index contributed by atoms with van der Waals surface area (Å²) in [4.78, 5) is 4.78. The molecular weight excluding hydrogens is 656 g/mol. The van der Waals surface area contributed by atoms with Gasteiger partial charge in [-0.15, -0.1) is 0 Å². The third-order valence-corrected chi connectivity index (χ3v) is 8.47. The molecular formula is C28H21Br2ClN2O4S. The van der Waals surface area contributed by atoms with E-state index in [-0.39, 0.29) is 11.5 Å². The summed E-state index contributed by atoms with van der Waals surface area (Å²) >= 11 is 12.9. The van der Waals surface area contributed by atoms with Crippen LogP contribution in [0.5, 0.6) is 11.5 Å². The number of methoxy groups -OCH3 is 1. The van der Waals surface area contributed by atoms with Crippen LogP contribution in [-0.2, 0) is 21.4 Å².